The Hall–Kier alpha value is -3.50. The van der Waals surface area contributed by atoms with Crippen LogP contribution in [-0.2, 0) is 20.7 Å². The lowest BCUT2D eigenvalue weighted by molar-refractivity contribution is -0.146. The maximum absolute atomic E-state index is 12.6. The van der Waals surface area contributed by atoms with Crippen LogP contribution in [0.3, 0.4) is 0 Å². The second-order valence-corrected chi connectivity index (χ2v) is 8.41. The van der Waals surface area contributed by atoms with E-state index in [0.29, 0.717) is 16.2 Å². The van der Waals surface area contributed by atoms with E-state index >= 15 is 0 Å². The van der Waals surface area contributed by atoms with Crippen LogP contribution in [0.1, 0.15) is 16.7 Å². The minimum atomic E-state index is -0.549. The van der Waals surface area contributed by atoms with Crippen LogP contribution < -0.4 is 4.90 Å². The van der Waals surface area contributed by atoms with E-state index in [1.165, 1.54) is 18.0 Å². The molecular weight excluding hydrogens is 412 g/mol. The number of hydrogen-bond donors (Lipinski definition) is 0. The van der Waals surface area contributed by atoms with Gasteiger partial charge in [-0.3, -0.25) is 9.59 Å². The van der Waals surface area contributed by atoms with Crippen LogP contribution in [0.15, 0.2) is 62.6 Å². The fraction of sp³-hybridized carbons (Fsp3) is 0.208. The van der Waals surface area contributed by atoms with E-state index < -0.39 is 18.4 Å². The highest BCUT2D eigenvalue weighted by Crippen LogP contribution is 2.46. The van der Waals surface area contributed by atoms with Gasteiger partial charge in [0.1, 0.15) is 22.3 Å². The fourth-order valence-corrected chi connectivity index (χ4v) is 4.61. The summed E-state index contributed by atoms with van der Waals surface area (Å²) < 4.78 is 10.7. The topological polar surface area (TPSA) is 83.5 Å². The first-order valence-electron chi connectivity index (χ1n) is 9.70. The van der Waals surface area contributed by atoms with Crippen molar-refractivity contribution >= 4 is 40.2 Å². The average Bonchev–Trinajstić information content (AvgIpc) is 3.29. The van der Waals surface area contributed by atoms with Gasteiger partial charge >= 0.3 is 5.97 Å². The van der Waals surface area contributed by atoms with Crippen molar-refractivity contribution in [1.29, 1.82) is 5.26 Å². The molecule has 0 atom stereocenters. The summed E-state index contributed by atoms with van der Waals surface area (Å²) in [5.74, 6) is -1.08. The third-order valence-electron chi connectivity index (χ3n) is 5.31. The molecule has 2 heterocycles. The molecular formula is C24H20N2O4S. The lowest BCUT2D eigenvalue weighted by Crippen LogP contribution is -2.20. The fourth-order valence-electron chi connectivity index (χ4n) is 3.45. The van der Waals surface area contributed by atoms with Crippen molar-refractivity contribution in [2.75, 3.05) is 18.6 Å². The highest BCUT2D eigenvalue weighted by atomic mass is 32.2. The Kier molecular flexibility index (Phi) is 5.57. The number of carbonyl (C=O) groups is 2. The number of anilines is 1. The van der Waals surface area contributed by atoms with Gasteiger partial charge in [-0.15, -0.1) is 0 Å². The van der Waals surface area contributed by atoms with E-state index in [9.17, 15) is 14.9 Å². The van der Waals surface area contributed by atoms with Crippen LogP contribution in [0.25, 0.3) is 11.0 Å². The Morgan fingerprint density at radius 1 is 1.19 bits per heavy atom. The first-order chi connectivity index (χ1) is 14.9. The summed E-state index contributed by atoms with van der Waals surface area (Å²) >= 11 is 1.36. The molecule has 0 saturated heterocycles. The molecule has 31 heavy (non-hydrogen) atoms. The number of ketones is 1. The number of benzene rings is 2. The monoisotopic (exact) mass is 432 g/mol. The quantitative estimate of drug-likeness (QED) is 0.329. The molecule has 6 nitrogen and oxygen atoms in total. The van der Waals surface area contributed by atoms with Crippen LogP contribution in [0.2, 0.25) is 0 Å². The predicted molar refractivity (Wildman–Crippen MR) is 119 cm³/mol. The second-order valence-electron chi connectivity index (χ2n) is 7.37. The zero-order valence-corrected chi connectivity index (χ0v) is 18.2. The molecule has 7 heteroatoms. The van der Waals surface area contributed by atoms with E-state index in [1.54, 1.807) is 11.9 Å². The van der Waals surface area contributed by atoms with Gasteiger partial charge in [-0.25, -0.2) is 0 Å². The Labute approximate surface area is 184 Å². The number of hydrogen-bond acceptors (Lipinski definition) is 7. The minimum absolute atomic E-state index is 0.0126. The van der Waals surface area contributed by atoms with E-state index in [2.05, 4.69) is 0 Å². The lowest BCUT2D eigenvalue weighted by atomic mass is 10.0. The molecule has 0 amide bonds. The minimum Gasteiger partial charge on any atom is -0.464 e. The molecule has 156 valence electrons. The normalized spacial score (nSPS) is 14.3. The van der Waals surface area contributed by atoms with Gasteiger partial charge < -0.3 is 14.1 Å². The summed E-state index contributed by atoms with van der Waals surface area (Å²) in [4.78, 5) is 27.8. The number of carbonyl (C=O) groups excluding carboxylic acids is 2. The number of furan rings is 1. The smallest absolute Gasteiger partial charge is 0.310 e. The van der Waals surface area contributed by atoms with Crippen molar-refractivity contribution in [1.82, 2.24) is 0 Å². The number of Topliss-reactive ketones (excluding diaryl/α,β-unsaturated/α-hetero) is 1. The Morgan fingerprint density at radius 2 is 1.94 bits per heavy atom. The SMILES string of the molecule is Cc1cc2occ(CC(=O)OCC(=O)/C(C#N)=C3/Sc4ccccc4N3C)c2cc1C. The Bertz CT molecular complexity index is 1280. The molecule has 1 aliphatic rings. The molecule has 0 aliphatic carbocycles. The zero-order chi connectivity index (χ0) is 22.1. The predicted octanol–water partition coefficient (Wildman–Crippen LogP) is 4.68. The number of aryl methyl sites for hydroxylation is 2. The molecule has 0 bridgehead atoms. The molecule has 2 aromatic carbocycles. The average molecular weight is 433 g/mol. The van der Waals surface area contributed by atoms with Crippen LogP contribution in [0, 0.1) is 25.2 Å². The largest absolute Gasteiger partial charge is 0.464 e. The van der Waals surface area contributed by atoms with Gasteiger partial charge in [0.05, 0.1) is 18.4 Å². The van der Waals surface area contributed by atoms with Crippen molar-refractivity contribution in [3.63, 3.8) is 0 Å². The highest BCUT2D eigenvalue weighted by molar-refractivity contribution is 8.03. The molecule has 1 aliphatic heterocycles. The number of esters is 1. The van der Waals surface area contributed by atoms with Gasteiger partial charge in [-0.2, -0.15) is 5.26 Å². The van der Waals surface area contributed by atoms with Gasteiger partial charge in [0, 0.05) is 22.9 Å². The number of nitrogens with zero attached hydrogens (tertiary/aromatic N) is 2. The van der Waals surface area contributed by atoms with E-state index in [0.717, 1.165) is 27.1 Å². The molecule has 4 rings (SSSR count). The standard InChI is InChI=1S/C24H20N2O4S/c1-14-8-17-16(12-29-21(17)9-15(14)2)10-23(28)30-13-20(27)18(11-25)24-26(3)19-6-4-5-7-22(19)31-24/h4-9,12H,10,13H2,1-3H3/b24-18+. The molecule has 0 radical (unpaired) electrons. The molecule has 0 unspecified atom stereocenters. The molecule has 1 aromatic heterocycles. The van der Waals surface area contributed by atoms with Crippen LogP contribution in [0.5, 0.6) is 0 Å². The van der Waals surface area contributed by atoms with Gasteiger partial charge in [-0.1, -0.05) is 23.9 Å². The number of thioether (sulfide) groups is 1. The van der Waals surface area contributed by atoms with Crippen molar-refractivity contribution in [2.45, 2.75) is 25.2 Å². The Balaban J connectivity index is 1.44. The summed E-state index contributed by atoms with van der Waals surface area (Å²) in [5, 5.41) is 11.0. The summed E-state index contributed by atoms with van der Waals surface area (Å²) in [5.41, 5.74) is 4.53. The van der Waals surface area contributed by atoms with Crippen LogP contribution in [0.4, 0.5) is 5.69 Å². The van der Waals surface area contributed by atoms with E-state index in [4.69, 9.17) is 9.15 Å². The van der Waals surface area contributed by atoms with Gasteiger partial charge in [-0.05, 0) is 49.2 Å². The van der Waals surface area contributed by atoms with Gasteiger partial charge in [0.2, 0.25) is 5.78 Å². The number of para-hydroxylation sites is 1. The molecule has 0 N–H and O–H groups in total. The van der Waals surface area contributed by atoms with Crippen molar-refractivity contribution in [3.05, 3.63) is 70.0 Å². The molecule has 0 fully saturated rings. The lowest BCUT2D eigenvalue weighted by Gasteiger charge is -2.14. The number of ether oxygens (including phenoxy) is 1. The van der Waals surface area contributed by atoms with E-state index in [1.807, 2.05) is 56.3 Å². The second kappa shape index (κ2) is 8.32. The van der Waals surface area contributed by atoms with Gasteiger partial charge in [0.15, 0.2) is 6.61 Å². The third kappa shape index (κ3) is 3.94. The zero-order valence-electron chi connectivity index (χ0n) is 17.4. The molecule has 0 spiro atoms. The summed E-state index contributed by atoms with van der Waals surface area (Å²) in [6.07, 6.45) is 1.53. The van der Waals surface area contributed by atoms with Crippen molar-refractivity contribution in [3.8, 4) is 6.07 Å². The summed E-state index contributed by atoms with van der Waals surface area (Å²) in [6, 6.07) is 13.5. The first-order valence-corrected chi connectivity index (χ1v) is 10.5. The maximum atomic E-state index is 12.6. The van der Waals surface area contributed by atoms with Crippen molar-refractivity contribution in [2.24, 2.45) is 0 Å². The van der Waals surface area contributed by atoms with Crippen LogP contribution in [-0.4, -0.2) is 25.4 Å². The number of nitriles is 1. The van der Waals surface area contributed by atoms with Crippen LogP contribution >= 0.6 is 11.8 Å². The summed E-state index contributed by atoms with van der Waals surface area (Å²) in [7, 11) is 1.80. The summed E-state index contributed by atoms with van der Waals surface area (Å²) in [6.45, 7) is 3.51. The van der Waals surface area contributed by atoms with Gasteiger partial charge in [0.25, 0.3) is 0 Å². The van der Waals surface area contributed by atoms with Crippen molar-refractivity contribution < 1.29 is 18.7 Å². The number of fused-ring (bicyclic) bond motifs is 2. The van der Waals surface area contributed by atoms with E-state index in [-0.39, 0.29) is 12.0 Å². The highest BCUT2D eigenvalue weighted by Gasteiger charge is 2.28. The molecule has 0 saturated carbocycles. The number of rotatable bonds is 5. The Morgan fingerprint density at radius 3 is 2.68 bits per heavy atom. The maximum Gasteiger partial charge on any atom is 0.310 e. The third-order valence-corrected chi connectivity index (χ3v) is 6.55. The molecule has 3 aromatic rings. The first kappa shape index (κ1) is 20.8.